The molecule has 0 bridgehead atoms. The van der Waals surface area contributed by atoms with Crippen LogP contribution >= 0.6 is 11.8 Å². The quantitative estimate of drug-likeness (QED) is 0.760. The van der Waals surface area contributed by atoms with Crippen molar-refractivity contribution >= 4 is 28.7 Å². The number of benzene rings is 1. The molecule has 7 heteroatoms. The van der Waals surface area contributed by atoms with E-state index < -0.39 is 0 Å². The maximum absolute atomic E-state index is 12.2. The minimum absolute atomic E-state index is 0.1000. The van der Waals surface area contributed by atoms with Crippen LogP contribution in [0.5, 0.6) is 5.75 Å². The molecule has 1 atom stereocenters. The van der Waals surface area contributed by atoms with Crippen LogP contribution in [0, 0.1) is 0 Å². The van der Waals surface area contributed by atoms with Crippen LogP contribution < -0.4 is 15.4 Å². The van der Waals surface area contributed by atoms with Crippen molar-refractivity contribution in [2.24, 2.45) is 4.99 Å². The number of rotatable bonds is 6. The SMILES string of the molecule is COc1ccc(C(=O)NCCC2SC(NC3CCCCCCC3)=NC2=O)cc1. The van der Waals surface area contributed by atoms with E-state index in [1.807, 2.05) is 0 Å². The lowest BCUT2D eigenvalue weighted by Crippen LogP contribution is -2.33. The molecule has 1 aromatic rings. The van der Waals surface area contributed by atoms with Gasteiger partial charge in [0, 0.05) is 18.2 Å². The average Bonchev–Trinajstić information content (AvgIpc) is 3.03. The summed E-state index contributed by atoms with van der Waals surface area (Å²) in [7, 11) is 1.59. The summed E-state index contributed by atoms with van der Waals surface area (Å²) >= 11 is 1.50. The standard InChI is InChI=1S/C21H29N3O3S/c1-27-17-11-9-15(10-12-17)19(25)22-14-13-18-20(26)24-21(28-18)23-16-7-5-3-2-4-6-8-16/h9-12,16,18H,2-8,13-14H2,1H3,(H,22,25)(H,23,24,26). The first-order valence-electron chi connectivity index (χ1n) is 10.1. The molecule has 28 heavy (non-hydrogen) atoms. The number of ether oxygens (including phenoxy) is 1. The topological polar surface area (TPSA) is 79.8 Å². The van der Waals surface area contributed by atoms with E-state index in [-0.39, 0.29) is 17.1 Å². The fraction of sp³-hybridized carbons (Fsp3) is 0.571. The van der Waals surface area contributed by atoms with E-state index in [4.69, 9.17) is 4.74 Å². The maximum Gasteiger partial charge on any atom is 0.261 e. The van der Waals surface area contributed by atoms with Crippen molar-refractivity contribution in [2.75, 3.05) is 13.7 Å². The van der Waals surface area contributed by atoms with E-state index in [0.29, 0.717) is 30.3 Å². The lowest BCUT2D eigenvalue weighted by molar-refractivity contribution is -0.117. The van der Waals surface area contributed by atoms with Crippen molar-refractivity contribution in [3.05, 3.63) is 29.8 Å². The monoisotopic (exact) mass is 403 g/mol. The Kier molecular flexibility index (Phi) is 7.77. The van der Waals surface area contributed by atoms with E-state index in [2.05, 4.69) is 15.6 Å². The van der Waals surface area contributed by atoms with Gasteiger partial charge in [0.2, 0.25) is 0 Å². The summed E-state index contributed by atoms with van der Waals surface area (Å²) < 4.78 is 5.10. The molecule has 0 aromatic heterocycles. The molecule has 0 spiro atoms. The van der Waals surface area contributed by atoms with Gasteiger partial charge in [-0.1, -0.05) is 43.9 Å². The highest BCUT2D eigenvalue weighted by atomic mass is 32.2. The van der Waals surface area contributed by atoms with Gasteiger partial charge >= 0.3 is 0 Å². The minimum atomic E-state index is -0.216. The molecule has 2 amide bonds. The summed E-state index contributed by atoms with van der Waals surface area (Å²) in [4.78, 5) is 28.6. The molecular formula is C21H29N3O3S. The lowest BCUT2D eigenvalue weighted by atomic mass is 9.97. The zero-order valence-corrected chi connectivity index (χ0v) is 17.2. The Hall–Kier alpha value is -2.02. The molecule has 152 valence electrons. The van der Waals surface area contributed by atoms with Crippen molar-refractivity contribution < 1.29 is 14.3 Å². The molecule has 3 rings (SSSR count). The Labute approximate surface area is 170 Å². The number of methoxy groups -OCH3 is 1. The zero-order chi connectivity index (χ0) is 19.8. The van der Waals surface area contributed by atoms with Crippen molar-refractivity contribution in [3.8, 4) is 5.75 Å². The summed E-state index contributed by atoms with van der Waals surface area (Å²) in [5.74, 6) is 0.467. The molecule has 1 saturated carbocycles. The largest absolute Gasteiger partial charge is 0.497 e. The summed E-state index contributed by atoms with van der Waals surface area (Å²) in [6.45, 7) is 0.445. The normalized spacial score (nSPS) is 20.8. The van der Waals surface area contributed by atoms with Crippen molar-refractivity contribution in [2.45, 2.75) is 62.7 Å². The van der Waals surface area contributed by atoms with Gasteiger partial charge in [0.25, 0.3) is 11.8 Å². The van der Waals surface area contributed by atoms with E-state index in [0.717, 1.165) is 18.0 Å². The predicted octanol–water partition coefficient (Wildman–Crippen LogP) is 3.52. The summed E-state index contributed by atoms with van der Waals surface area (Å²) in [5.41, 5.74) is 0.578. The predicted molar refractivity (Wildman–Crippen MR) is 113 cm³/mol. The number of carbonyl (C=O) groups is 2. The number of nitrogens with one attached hydrogen (secondary N) is 2. The fourth-order valence-corrected chi connectivity index (χ4v) is 4.60. The number of hydrogen-bond acceptors (Lipinski definition) is 5. The molecule has 2 N–H and O–H groups in total. The molecule has 2 aliphatic rings. The van der Waals surface area contributed by atoms with Crippen LogP contribution in [0.15, 0.2) is 29.3 Å². The van der Waals surface area contributed by atoms with E-state index in [9.17, 15) is 9.59 Å². The fourth-order valence-electron chi connectivity index (χ4n) is 3.57. The van der Waals surface area contributed by atoms with E-state index in [1.165, 1.54) is 43.9 Å². The van der Waals surface area contributed by atoms with Crippen molar-refractivity contribution in [1.29, 1.82) is 0 Å². The molecular weight excluding hydrogens is 374 g/mol. The molecule has 0 radical (unpaired) electrons. The minimum Gasteiger partial charge on any atom is -0.497 e. The van der Waals surface area contributed by atoms with Gasteiger partial charge in [-0.15, -0.1) is 0 Å². The second-order valence-corrected chi connectivity index (χ2v) is 8.51. The molecule has 1 heterocycles. The molecule has 0 saturated heterocycles. The molecule has 1 fully saturated rings. The third kappa shape index (κ3) is 5.99. The number of thioether (sulfide) groups is 1. The number of hydrogen-bond donors (Lipinski definition) is 2. The second-order valence-electron chi connectivity index (χ2n) is 7.32. The van der Waals surface area contributed by atoms with Gasteiger partial charge in [-0.2, -0.15) is 4.99 Å². The van der Waals surface area contributed by atoms with Crippen LogP contribution in [0.2, 0.25) is 0 Å². The third-order valence-corrected chi connectivity index (χ3v) is 6.37. The van der Waals surface area contributed by atoms with Crippen LogP contribution in [0.25, 0.3) is 0 Å². The number of aliphatic imine (C=N–C) groups is 1. The molecule has 6 nitrogen and oxygen atoms in total. The third-order valence-electron chi connectivity index (χ3n) is 5.22. The Morgan fingerprint density at radius 3 is 2.50 bits per heavy atom. The van der Waals surface area contributed by atoms with Gasteiger partial charge in [0.15, 0.2) is 5.17 Å². The summed E-state index contributed by atoms with van der Waals surface area (Å²) in [5, 5.41) is 6.89. The van der Waals surface area contributed by atoms with Gasteiger partial charge in [-0.3, -0.25) is 9.59 Å². The lowest BCUT2D eigenvalue weighted by Gasteiger charge is -2.21. The molecule has 1 aromatic carbocycles. The Balaban J connectivity index is 1.40. The van der Waals surface area contributed by atoms with Crippen molar-refractivity contribution in [1.82, 2.24) is 10.6 Å². The van der Waals surface area contributed by atoms with Gasteiger partial charge in [-0.25, -0.2) is 0 Å². The van der Waals surface area contributed by atoms with Gasteiger partial charge in [0.05, 0.1) is 12.4 Å². The first-order chi connectivity index (χ1) is 13.7. The van der Waals surface area contributed by atoms with Gasteiger partial charge in [0.1, 0.15) is 5.75 Å². The van der Waals surface area contributed by atoms with Crippen LogP contribution in [-0.4, -0.2) is 41.9 Å². The average molecular weight is 404 g/mol. The van der Waals surface area contributed by atoms with Crippen LogP contribution in [0.3, 0.4) is 0 Å². The second kappa shape index (κ2) is 10.5. The summed E-state index contributed by atoms with van der Waals surface area (Å²) in [6, 6.07) is 7.39. The highest BCUT2D eigenvalue weighted by Crippen LogP contribution is 2.25. The Morgan fingerprint density at radius 1 is 1.14 bits per heavy atom. The maximum atomic E-state index is 12.2. The first-order valence-corrected chi connectivity index (χ1v) is 11.0. The van der Waals surface area contributed by atoms with Gasteiger partial charge < -0.3 is 15.4 Å². The molecule has 1 aliphatic carbocycles. The number of nitrogens with zero attached hydrogens (tertiary/aromatic N) is 1. The number of carbonyl (C=O) groups excluding carboxylic acids is 2. The zero-order valence-electron chi connectivity index (χ0n) is 16.4. The smallest absolute Gasteiger partial charge is 0.261 e. The van der Waals surface area contributed by atoms with Crippen LogP contribution in [0.4, 0.5) is 0 Å². The van der Waals surface area contributed by atoms with Crippen molar-refractivity contribution in [3.63, 3.8) is 0 Å². The highest BCUT2D eigenvalue weighted by Gasteiger charge is 2.29. The van der Waals surface area contributed by atoms with Gasteiger partial charge in [-0.05, 0) is 43.5 Å². The summed E-state index contributed by atoms with van der Waals surface area (Å²) in [6.07, 6.45) is 9.29. The molecule has 1 unspecified atom stereocenters. The molecule has 1 aliphatic heterocycles. The highest BCUT2D eigenvalue weighted by molar-refractivity contribution is 8.15. The number of amides is 2. The number of amidine groups is 1. The first kappa shape index (κ1) is 20.7. The Bertz CT molecular complexity index is 697. The van der Waals surface area contributed by atoms with E-state index >= 15 is 0 Å². The van der Waals surface area contributed by atoms with E-state index in [1.54, 1.807) is 31.4 Å². The Morgan fingerprint density at radius 2 is 1.82 bits per heavy atom. The van der Waals surface area contributed by atoms with Crippen LogP contribution in [0.1, 0.15) is 61.7 Å². The van der Waals surface area contributed by atoms with Crippen LogP contribution in [-0.2, 0) is 4.79 Å².